The Morgan fingerprint density at radius 2 is 1.38 bits per heavy atom. The van der Waals surface area contributed by atoms with E-state index in [-0.39, 0.29) is 17.9 Å². The average molecular weight is 429 g/mol. The van der Waals surface area contributed by atoms with Gasteiger partial charge in [0.1, 0.15) is 0 Å². The molecule has 3 N–H and O–H groups in total. The summed E-state index contributed by atoms with van der Waals surface area (Å²) in [5.41, 5.74) is 4.56. The third-order valence-corrected chi connectivity index (χ3v) is 5.61. The zero-order valence-corrected chi connectivity index (χ0v) is 18.2. The van der Waals surface area contributed by atoms with Crippen LogP contribution in [0.1, 0.15) is 18.4 Å². The smallest absolute Gasteiger partial charge is 0.321 e. The highest BCUT2D eigenvalue weighted by atomic mass is 16.2. The van der Waals surface area contributed by atoms with Gasteiger partial charge in [0.25, 0.3) is 0 Å². The van der Waals surface area contributed by atoms with E-state index in [2.05, 4.69) is 16.0 Å². The molecule has 0 atom stereocenters. The van der Waals surface area contributed by atoms with Gasteiger partial charge in [0.2, 0.25) is 5.91 Å². The summed E-state index contributed by atoms with van der Waals surface area (Å²) in [5, 5.41) is 9.31. The number of aryl methyl sites for hydroxylation is 1. The number of amides is 3. The van der Waals surface area contributed by atoms with Gasteiger partial charge in [0.05, 0.1) is 0 Å². The van der Waals surface area contributed by atoms with Crippen LogP contribution >= 0.6 is 0 Å². The van der Waals surface area contributed by atoms with Crippen molar-refractivity contribution < 1.29 is 9.59 Å². The molecule has 0 aromatic heterocycles. The quantitative estimate of drug-likeness (QED) is 0.494. The van der Waals surface area contributed by atoms with E-state index >= 15 is 0 Å². The van der Waals surface area contributed by atoms with Crippen LogP contribution in [-0.4, -0.2) is 29.9 Å². The third-order valence-electron chi connectivity index (χ3n) is 5.61. The molecule has 1 fully saturated rings. The van der Waals surface area contributed by atoms with Crippen molar-refractivity contribution in [1.29, 1.82) is 0 Å². The van der Waals surface area contributed by atoms with Crippen molar-refractivity contribution in [2.45, 2.75) is 19.8 Å². The van der Waals surface area contributed by atoms with Crippen molar-refractivity contribution >= 4 is 34.7 Å². The van der Waals surface area contributed by atoms with Gasteiger partial charge in [-0.1, -0.05) is 36.4 Å². The molecular weight excluding hydrogens is 400 g/mol. The lowest BCUT2D eigenvalue weighted by atomic mass is 9.96. The Hall–Kier alpha value is -3.80. The van der Waals surface area contributed by atoms with Crippen LogP contribution in [0.2, 0.25) is 0 Å². The van der Waals surface area contributed by atoms with E-state index in [0.717, 1.165) is 28.3 Å². The molecule has 1 aliphatic rings. The molecule has 164 valence electrons. The summed E-state index contributed by atoms with van der Waals surface area (Å²) < 4.78 is 0. The Kier molecular flexibility index (Phi) is 6.70. The SMILES string of the molecule is Cc1cccc(NC(=O)N2CCC(C(=O)Nc3cccc(Nc4ccccc4)c3)CC2)c1. The largest absolute Gasteiger partial charge is 0.355 e. The second-order valence-electron chi connectivity index (χ2n) is 8.12. The molecular formula is C26H28N4O2. The fraction of sp³-hybridized carbons (Fsp3) is 0.231. The number of urea groups is 1. The van der Waals surface area contributed by atoms with Crippen LogP contribution < -0.4 is 16.0 Å². The molecule has 0 spiro atoms. The Balaban J connectivity index is 1.28. The number of anilines is 4. The van der Waals surface area contributed by atoms with Crippen molar-refractivity contribution in [3.05, 3.63) is 84.4 Å². The van der Waals surface area contributed by atoms with Crippen LogP contribution in [0.3, 0.4) is 0 Å². The monoisotopic (exact) mass is 428 g/mol. The highest BCUT2D eigenvalue weighted by Crippen LogP contribution is 2.23. The third kappa shape index (κ3) is 5.66. The molecule has 4 rings (SSSR count). The van der Waals surface area contributed by atoms with Crippen LogP contribution in [0.15, 0.2) is 78.9 Å². The van der Waals surface area contributed by atoms with Crippen molar-refractivity contribution in [2.75, 3.05) is 29.0 Å². The van der Waals surface area contributed by atoms with Crippen molar-refractivity contribution in [1.82, 2.24) is 4.90 Å². The van der Waals surface area contributed by atoms with Crippen molar-refractivity contribution in [2.24, 2.45) is 5.92 Å². The Labute approximate surface area is 188 Å². The zero-order valence-electron chi connectivity index (χ0n) is 18.2. The molecule has 3 amide bonds. The van der Waals surface area contributed by atoms with E-state index in [1.807, 2.05) is 85.8 Å². The van der Waals surface area contributed by atoms with E-state index in [1.54, 1.807) is 4.90 Å². The molecule has 0 bridgehead atoms. The fourth-order valence-corrected chi connectivity index (χ4v) is 3.88. The van der Waals surface area contributed by atoms with E-state index in [0.29, 0.717) is 25.9 Å². The van der Waals surface area contributed by atoms with Gasteiger partial charge in [-0.25, -0.2) is 4.79 Å². The van der Waals surface area contributed by atoms with Gasteiger partial charge in [0, 0.05) is 41.8 Å². The Morgan fingerprint density at radius 3 is 2.09 bits per heavy atom. The number of para-hydroxylation sites is 1. The predicted octanol–water partition coefficient (Wildman–Crippen LogP) is 5.62. The number of nitrogens with one attached hydrogen (secondary N) is 3. The molecule has 0 aliphatic carbocycles. The second-order valence-corrected chi connectivity index (χ2v) is 8.12. The van der Waals surface area contributed by atoms with Crippen LogP contribution in [0.4, 0.5) is 27.5 Å². The summed E-state index contributed by atoms with van der Waals surface area (Å²) in [7, 11) is 0. The molecule has 3 aromatic rings. The molecule has 1 heterocycles. The molecule has 6 nitrogen and oxygen atoms in total. The van der Waals surface area contributed by atoms with Crippen molar-refractivity contribution in [3.63, 3.8) is 0 Å². The summed E-state index contributed by atoms with van der Waals surface area (Å²) in [6.45, 7) is 3.11. The molecule has 0 radical (unpaired) electrons. The van der Waals surface area contributed by atoms with E-state index in [9.17, 15) is 9.59 Å². The van der Waals surface area contributed by atoms with E-state index in [4.69, 9.17) is 0 Å². The van der Waals surface area contributed by atoms with Crippen LogP contribution in [0.5, 0.6) is 0 Å². The summed E-state index contributed by atoms with van der Waals surface area (Å²) in [6, 6.07) is 25.2. The summed E-state index contributed by atoms with van der Waals surface area (Å²) >= 11 is 0. The number of carbonyl (C=O) groups excluding carboxylic acids is 2. The minimum atomic E-state index is -0.117. The van der Waals surface area contributed by atoms with Gasteiger partial charge >= 0.3 is 6.03 Å². The highest BCUT2D eigenvalue weighted by molar-refractivity contribution is 5.94. The molecule has 0 saturated carbocycles. The van der Waals surface area contributed by atoms with E-state index < -0.39 is 0 Å². The Bertz CT molecular complexity index is 1080. The molecule has 3 aromatic carbocycles. The standard InChI is InChI=1S/C26H28N4O2/c1-19-7-5-10-22(17-19)29-26(32)30-15-13-20(14-16-30)25(31)28-24-12-6-11-23(18-24)27-21-8-3-2-4-9-21/h2-12,17-18,20,27H,13-16H2,1H3,(H,28,31)(H,29,32). The van der Waals surface area contributed by atoms with E-state index in [1.165, 1.54) is 0 Å². The minimum absolute atomic E-state index is 0.000559. The minimum Gasteiger partial charge on any atom is -0.355 e. The normalized spacial score (nSPS) is 14.0. The molecule has 0 unspecified atom stereocenters. The first kappa shape index (κ1) is 21.4. The van der Waals surface area contributed by atoms with Gasteiger partial charge in [-0.3, -0.25) is 4.79 Å². The first-order valence-electron chi connectivity index (χ1n) is 10.9. The number of hydrogen-bond donors (Lipinski definition) is 3. The van der Waals surface area contributed by atoms with Gasteiger partial charge in [-0.2, -0.15) is 0 Å². The second kappa shape index (κ2) is 10.0. The molecule has 1 saturated heterocycles. The maximum Gasteiger partial charge on any atom is 0.321 e. The predicted molar refractivity (Wildman–Crippen MR) is 129 cm³/mol. The first-order chi connectivity index (χ1) is 15.6. The van der Waals surface area contributed by atoms with Crippen LogP contribution in [0.25, 0.3) is 0 Å². The number of rotatable bonds is 5. The van der Waals surface area contributed by atoms with Gasteiger partial charge < -0.3 is 20.9 Å². The summed E-state index contributed by atoms with van der Waals surface area (Å²) in [4.78, 5) is 27.1. The average Bonchev–Trinajstić information content (AvgIpc) is 2.80. The highest BCUT2D eigenvalue weighted by Gasteiger charge is 2.27. The van der Waals surface area contributed by atoms with Crippen LogP contribution in [-0.2, 0) is 4.79 Å². The van der Waals surface area contributed by atoms with Crippen molar-refractivity contribution in [3.8, 4) is 0 Å². The number of nitrogens with zero attached hydrogens (tertiary/aromatic N) is 1. The summed E-state index contributed by atoms with van der Waals surface area (Å²) in [6.07, 6.45) is 1.30. The lowest BCUT2D eigenvalue weighted by Crippen LogP contribution is -2.43. The molecule has 1 aliphatic heterocycles. The first-order valence-corrected chi connectivity index (χ1v) is 10.9. The topological polar surface area (TPSA) is 73.5 Å². The number of carbonyl (C=O) groups is 2. The Morgan fingerprint density at radius 1 is 0.750 bits per heavy atom. The maximum atomic E-state index is 12.8. The van der Waals surface area contributed by atoms with Crippen LogP contribution in [0, 0.1) is 12.8 Å². The fourth-order valence-electron chi connectivity index (χ4n) is 3.88. The summed E-state index contributed by atoms with van der Waals surface area (Å²) in [5.74, 6) is -0.107. The number of piperidine rings is 1. The number of benzene rings is 3. The number of hydrogen-bond acceptors (Lipinski definition) is 3. The lowest BCUT2D eigenvalue weighted by molar-refractivity contribution is -0.121. The zero-order chi connectivity index (χ0) is 22.3. The lowest BCUT2D eigenvalue weighted by Gasteiger charge is -2.31. The van der Waals surface area contributed by atoms with Gasteiger partial charge in [0.15, 0.2) is 0 Å². The maximum absolute atomic E-state index is 12.8. The molecule has 6 heteroatoms. The van der Waals surface area contributed by atoms with Gasteiger partial charge in [-0.15, -0.1) is 0 Å². The van der Waals surface area contributed by atoms with Gasteiger partial charge in [-0.05, 0) is 67.8 Å². The molecule has 32 heavy (non-hydrogen) atoms. The number of likely N-dealkylation sites (tertiary alicyclic amines) is 1.